The van der Waals surface area contributed by atoms with Gasteiger partial charge in [-0.05, 0) is 38.5 Å². The molecular formula is C20H36O4. The van der Waals surface area contributed by atoms with E-state index in [1.807, 2.05) is 26.8 Å². The van der Waals surface area contributed by atoms with Crippen molar-refractivity contribution in [2.75, 3.05) is 6.61 Å². The lowest BCUT2D eigenvalue weighted by Gasteiger charge is -2.16. The van der Waals surface area contributed by atoms with Crippen molar-refractivity contribution in [3.63, 3.8) is 0 Å². The van der Waals surface area contributed by atoms with Crippen molar-refractivity contribution in [1.29, 1.82) is 0 Å². The summed E-state index contributed by atoms with van der Waals surface area (Å²) in [7, 11) is 0. The van der Waals surface area contributed by atoms with Gasteiger partial charge in [0.2, 0.25) is 0 Å². The van der Waals surface area contributed by atoms with Crippen LogP contribution in [0.2, 0.25) is 0 Å². The van der Waals surface area contributed by atoms with Gasteiger partial charge in [0.15, 0.2) is 0 Å². The fourth-order valence-electron chi connectivity index (χ4n) is 2.14. The van der Waals surface area contributed by atoms with Crippen LogP contribution in [0.5, 0.6) is 0 Å². The largest absolute Gasteiger partial charge is 0.466 e. The number of unbranched alkanes of at least 4 members (excludes halogenated alkanes) is 6. The summed E-state index contributed by atoms with van der Waals surface area (Å²) in [4.78, 5) is 23.2. The van der Waals surface area contributed by atoms with E-state index in [-0.39, 0.29) is 30.9 Å². The average Bonchev–Trinajstić information content (AvgIpc) is 2.53. The molecule has 4 nitrogen and oxygen atoms in total. The minimum Gasteiger partial charge on any atom is -0.466 e. The van der Waals surface area contributed by atoms with E-state index in [2.05, 4.69) is 6.58 Å². The number of hydrogen-bond donors (Lipinski definition) is 0. The fraction of sp³-hybridized carbons (Fsp3) is 0.800. The van der Waals surface area contributed by atoms with Crippen LogP contribution in [0.4, 0.5) is 0 Å². The molecule has 0 bridgehead atoms. The highest BCUT2D eigenvalue weighted by Crippen LogP contribution is 2.09. The summed E-state index contributed by atoms with van der Waals surface area (Å²) in [5.74, 6) is -0.146. The van der Waals surface area contributed by atoms with Gasteiger partial charge < -0.3 is 9.47 Å². The summed E-state index contributed by atoms with van der Waals surface area (Å²) in [6, 6.07) is 0. The van der Waals surface area contributed by atoms with Gasteiger partial charge in [0.25, 0.3) is 0 Å². The van der Waals surface area contributed by atoms with E-state index in [1.165, 1.54) is 25.7 Å². The molecule has 0 rings (SSSR count). The molecule has 1 atom stereocenters. The van der Waals surface area contributed by atoms with Crippen molar-refractivity contribution in [2.45, 2.75) is 91.1 Å². The van der Waals surface area contributed by atoms with Crippen LogP contribution < -0.4 is 0 Å². The SMILES string of the molecule is C=CCCCCCCCCOC(=O)CCCC(=O)OC(C)C(C)C. The van der Waals surface area contributed by atoms with Gasteiger partial charge in [-0.3, -0.25) is 9.59 Å². The van der Waals surface area contributed by atoms with Crippen LogP contribution in [0.25, 0.3) is 0 Å². The Kier molecular flexibility index (Phi) is 14.4. The van der Waals surface area contributed by atoms with Crippen molar-refractivity contribution in [1.82, 2.24) is 0 Å². The number of rotatable bonds is 15. The minimum atomic E-state index is -0.236. The molecule has 0 saturated carbocycles. The molecule has 0 fully saturated rings. The Hall–Kier alpha value is -1.32. The first-order chi connectivity index (χ1) is 11.5. The van der Waals surface area contributed by atoms with Crippen LogP contribution in [0.1, 0.15) is 85.0 Å². The van der Waals surface area contributed by atoms with E-state index in [0.29, 0.717) is 18.9 Å². The second-order valence-electron chi connectivity index (χ2n) is 6.71. The zero-order valence-corrected chi connectivity index (χ0v) is 15.9. The normalized spacial score (nSPS) is 12.0. The molecule has 0 aliphatic heterocycles. The molecule has 0 spiro atoms. The molecule has 0 radical (unpaired) electrons. The van der Waals surface area contributed by atoms with E-state index < -0.39 is 0 Å². The lowest BCUT2D eigenvalue weighted by atomic mass is 10.1. The highest BCUT2D eigenvalue weighted by Gasteiger charge is 2.13. The Morgan fingerprint density at radius 3 is 2.08 bits per heavy atom. The molecule has 0 N–H and O–H groups in total. The number of allylic oxidation sites excluding steroid dienone is 1. The van der Waals surface area contributed by atoms with Crippen molar-refractivity contribution in [3.8, 4) is 0 Å². The lowest BCUT2D eigenvalue weighted by Crippen LogP contribution is -2.20. The topological polar surface area (TPSA) is 52.6 Å². The molecule has 0 aliphatic carbocycles. The van der Waals surface area contributed by atoms with Gasteiger partial charge in [-0.1, -0.05) is 45.6 Å². The van der Waals surface area contributed by atoms with Gasteiger partial charge in [-0.15, -0.1) is 6.58 Å². The van der Waals surface area contributed by atoms with Gasteiger partial charge in [-0.25, -0.2) is 0 Å². The van der Waals surface area contributed by atoms with E-state index in [1.54, 1.807) is 0 Å². The molecule has 0 saturated heterocycles. The molecule has 1 unspecified atom stereocenters. The molecule has 0 aromatic heterocycles. The van der Waals surface area contributed by atoms with E-state index in [4.69, 9.17) is 9.47 Å². The van der Waals surface area contributed by atoms with Gasteiger partial charge in [0, 0.05) is 12.8 Å². The van der Waals surface area contributed by atoms with E-state index >= 15 is 0 Å². The Labute approximate surface area is 148 Å². The second kappa shape index (κ2) is 15.2. The number of carbonyl (C=O) groups is 2. The first kappa shape index (κ1) is 22.7. The van der Waals surface area contributed by atoms with E-state index in [0.717, 1.165) is 19.3 Å². The molecule has 0 aromatic carbocycles. The quantitative estimate of drug-likeness (QED) is 0.233. The molecule has 4 heteroatoms. The molecule has 24 heavy (non-hydrogen) atoms. The minimum absolute atomic E-state index is 0.0822. The van der Waals surface area contributed by atoms with Crippen LogP contribution in [-0.2, 0) is 19.1 Å². The third-order valence-electron chi connectivity index (χ3n) is 4.08. The smallest absolute Gasteiger partial charge is 0.306 e. The summed E-state index contributed by atoms with van der Waals surface area (Å²) >= 11 is 0. The maximum absolute atomic E-state index is 11.6. The zero-order chi connectivity index (χ0) is 18.2. The summed E-state index contributed by atoms with van der Waals surface area (Å²) in [6.45, 7) is 10.1. The summed E-state index contributed by atoms with van der Waals surface area (Å²) in [5.41, 5.74) is 0. The summed E-state index contributed by atoms with van der Waals surface area (Å²) < 4.78 is 10.4. The predicted molar refractivity (Wildman–Crippen MR) is 97.7 cm³/mol. The number of ether oxygens (including phenoxy) is 2. The standard InChI is InChI=1S/C20H36O4/c1-5-6-7-8-9-10-11-12-16-23-19(21)14-13-15-20(22)24-18(4)17(2)3/h5,17-18H,1,6-16H2,2-4H3. The van der Waals surface area contributed by atoms with Crippen molar-refractivity contribution in [3.05, 3.63) is 12.7 Å². The fourth-order valence-corrected chi connectivity index (χ4v) is 2.14. The molecule has 140 valence electrons. The van der Waals surface area contributed by atoms with Gasteiger partial charge in [0.1, 0.15) is 6.10 Å². The molecule has 0 heterocycles. The summed E-state index contributed by atoms with van der Waals surface area (Å²) in [5, 5.41) is 0. The Bertz CT molecular complexity index is 350. The van der Waals surface area contributed by atoms with Crippen LogP contribution >= 0.6 is 0 Å². The maximum atomic E-state index is 11.6. The monoisotopic (exact) mass is 340 g/mol. The highest BCUT2D eigenvalue weighted by molar-refractivity contribution is 5.72. The Morgan fingerprint density at radius 2 is 1.46 bits per heavy atom. The molecule has 0 amide bonds. The van der Waals surface area contributed by atoms with Crippen molar-refractivity contribution >= 4 is 11.9 Å². The van der Waals surface area contributed by atoms with Crippen molar-refractivity contribution < 1.29 is 19.1 Å². The average molecular weight is 341 g/mol. The van der Waals surface area contributed by atoms with Gasteiger partial charge >= 0.3 is 11.9 Å². The lowest BCUT2D eigenvalue weighted by molar-refractivity contribution is -0.150. The number of esters is 2. The van der Waals surface area contributed by atoms with Crippen LogP contribution in [0.3, 0.4) is 0 Å². The Morgan fingerprint density at radius 1 is 0.875 bits per heavy atom. The third kappa shape index (κ3) is 14.3. The van der Waals surface area contributed by atoms with Crippen molar-refractivity contribution in [2.24, 2.45) is 5.92 Å². The number of hydrogen-bond acceptors (Lipinski definition) is 4. The molecule has 0 aliphatic rings. The zero-order valence-electron chi connectivity index (χ0n) is 15.9. The third-order valence-corrected chi connectivity index (χ3v) is 4.08. The van der Waals surface area contributed by atoms with Crippen LogP contribution in [-0.4, -0.2) is 24.6 Å². The van der Waals surface area contributed by atoms with Gasteiger partial charge in [0.05, 0.1) is 6.61 Å². The first-order valence-corrected chi connectivity index (χ1v) is 9.43. The predicted octanol–water partition coefficient (Wildman–Crippen LogP) is 5.20. The Balaban J connectivity index is 3.44. The van der Waals surface area contributed by atoms with Gasteiger partial charge in [-0.2, -0.15) is 0 Å². The van der Waals surface area contributed by atoms with E-state index in [9.17, 15) is 9.59 Å². The first-order valence-electron chi connectivity index (χ1n) is 9.43. The molecule has 0 aromatic rings. The van der Waals surface area contributed by atoms with Crippen LogP contribution in [0.15, 0.2) is 12.7 Å². The summed E-state index contributed by atoms with van der Waals surface area (Å²) in [6.07, 6.45) is 10.9. The van der Waals surface area contributed by atoms with Crippen LogP contribution in [0, 0.1) is 5.92 Å². The second-order valence-corrected chi connectivity index (χ2v) is 6.71. The number of carbonyl (C=O) groups excluding carboxylic acids is 2. The maximum Gasteiger partial charge on any atom is 0.306 e. The highest BCUT2D eigenvalue weighted by atomic mass is 16.5. The molecular weight excluding hydrogens is 304 g/mol.